The lowest BCUT2D eigenvalue weighted by Crippen LogP contribution is -2.30. The van der Waals surface area contributed by atoms with Crippen molar-refractivity contribution in [3.05, 3.63) is 76.4 Å². The third kappa shape index (κ3) is 5.66. The average molecular weight is 508 g/mol. The van der Waals surface area contributed by atoms with E-state index in [1.165, 1.54) is 18.4 Å². The zero-order chi connectivity index (χ0) is 25.1. The third-order valence-corrected chi connectivity index (χ3v) is 6.55. The van der Waals surface area contributed by atoms with Gasteiger partial charge in [0.05, 0.1) is 33.8 Å². The van der Waals surface area contributed by atoms with Crippen LogP contribution in [-0.4, -0.2) is 30.0 Å². The maximum absolute atomic E-state index is 13.1. The van der Waals surface area contributed by atoms with Crippen molar-refractivity contribution in [1.29, 1.82) is 5.41 Å². The minimum atomic E-state index is -4.80. The second kappa shape index (κ2) is 9.99. The van der Waals surface area contributed by atoms with Gasteiger partial charge in [-0.15, -0.1) is 11.3 Å². The normalized spacial score (nSPS) is 12.4. The number of aromatic nitrogens is 1. The molecule has 0 aliphatic heterocycles. The van der Waals surface area contributed by atoms with Crippen LogP contribution in [0.25, 0.3) is 16.1 Å². The molecular formula is C24H21ClF3N3O2S. The quantitative estimate of drug-likeness (QED) is 0.268. The first-order valence-corrected chi connectivity index (χ1v) is 11.2. The number of nitrogens with zero attached hydrogens (tertiary/aromatic N) is 1. The van der Waals surface area contributed by atoms with Crippen molar-refractivity contribution in [3.63, 3.8) is 0 Å². The molecule has 1 aromatic carbocycles. The Labute approximate surface area is 203 Å². The van der Waals surface area contributed by atoms with Crippen molar-refractivity contribution < 1.29 is 22.7 Å². The van der Waals surface area contributed by atoms with Crippen LogP contribution >= 0.6 is 22.9 Å². The van der Waals surface area contributed by atoms with Crippen LogP contribution in [-0.2, 0) is 14.9 Å². The summed E-state index contributed by atoms with van der Waals surface area (Å²) in [4.78, 5) is 17.6. The van der Waals surface area contributed by atoms with E-state index in [2.05, 4.69) is 10.3 Å². The van der Waals surface area contributed by atoms with Crippen molar-refractivity contribution in [3.8, 4) is 10.4 Å². The number of halogens is 4. The number of alkyl halides is 3. The van der Waals surface area contributed by atoms with Gasteiger partial charge in [0.1, 0.15) is 5.71 Å². The number of esters is 1. The molecule has 34 heavy (non-hydrogen) atoms. The highest BCUT2D eigenvalue weighted by Gasteiger charge is 2.33. The van der Waals surface area contributed by atoms with Crippen LogP contribution in [0.3, 0.4) is 0 Å². The molecule has 0 spiro atoms. The van der Waals surface area contributed by atoms with Gasteiger partial charge in [0.2, 0.25) is 0 Å². The molecule has 0 fully saturated rings. The molecular weight excluding hydrogens is 487 g/mol. The van der Waals surface area contributed by atoms with Crippen molar-refractivity contribution in [2.75, 3.05) is 12.4 Å². The Balaban J connectivity index is 2.01. The lowest BCUT2D eigenvalue weighted by atomic mass is 9.85. The van der Waals surface area contributed by atoms with Crippen molar-refractivity contribution >= 4 is 46.0 Å². The molecule has 2 aromatic heterocycles. The molecule has 178 valence electrons. The summed E-state index contributed by atoms with van der Waals surface area (Å²) >= 11 is 7.38. The number of anilines is 1. The summed E-state index contributed by atoms with van der Waals surface area (Å²) in [6.07, 6.45) is -0.891. The maximum atomic E-state index is 13.1. The number of benzene rings is 1. The van der Waals surface area contributed by atoms with Gasteiger partial charge < -0.3 is 10.1 Å². The van der Waals surface area contributed by atoms with Crippen LogP contribution < -0.4 is 5.32 Å². The molecule has 0 saturated carbocycles. The zero-order valence-corrected chi connectivity index (χ0v) is 20.0. The molecule has 2 N–H and O–H groups in total. The SMILES string of the molecule is COC(=O)C(C)(C)c1cncc(-c2ccc(/C(=C/C(=N)C(F)(F)F)Nc3ccccc3Cl)s2)c1. The van der Waals surface area contributed by atoms with E-state index < -0.39 is 23.3 Å². The third-order valence-electron chi connectivity index (χ3n) is 5.05. The van der Waals surface area contributed by atoms with Crippen LogP contribution in [0.5, 0.6) is 0 Å². The maximum Gasteiger partial charge on any atom is 0.432 e. The van der Waals surface area contributed by atoms with Crippen molar-refractivity contribution in [2.24, 2.45) is 0 Å². The Bertz CT molecular complexity index is 1250. The van der Waals surface area contributed by atoms with Crippen LogP contribution in [0.15, 0.2) is 60.9 Å². The number of carbonyl (C=O) groups is 1. The molecule has 0 aliphatic rings. The van der Waals surface area contributed by atoms with Gasteiger partial charge >= 0.3 is 12.1 Å². The van der Waals surface area contributed by atoms with Gasteiger partial charge in [-0.3, -0.25) is 15.2 Å². The number of hydrogen-bond donors (Lipinski definition) is 2. The van der Waals surface area contributed by atoms with Crippen molar-refractivity contribution in [2.45, 2.75) is 25.4 Å². The fraction of sp³-hybridized carbons (Fsp3) is 0.208. The van der Waals surface area contributed by atoms with E-state index in [0.29, 0.717) is 26.7 Å². The highest BCUT2D eigenvalue weighted by atomic mass is 35.5. The fourth-order valence-corrected chi connectivity index (χ4v) is 4.17. The van der Waals surface area contributed by atoms with E-state index in [4.69, 9.17) is 21.7 Å². The number of para-hydroxylation sites is 1. The molecule has 10 heteroatoms. The molecule has 2 heterocycles. The number of allylic oxidation sites excluding steroid dienone is 1. The van der Waals surface area contributed by atoms with Gasteiger partial charge in [-0.05, 0) is 55.8 Å². The largest absolute Gasteiger partial charge is 0.468 e. The molecule has 0 atom stereocenters. The van der Waals surface area contributed by atoms with E-state index in [1.807, 2.05) is 0 Å². The first-order chi connectivity index (χ1) is 15.9. The van der Waals surface area contributed by atoms with Gasteiger partial charge in [0.15, 0.2) is 0 Å². The molecule has 3 aromatic rings. The first-order valence-electron chi connectivity index (χ1n) is 9.97. The van der Waals surface area contributed by atoms with E-state index in [1.54, 1.807) is 68.7 Å². The fourth-order valence-electron chi connectivity index (χ4n) is 3.03. The van der Waals surface area contributed by atoms with Gasteiger partial charge in [-0.1, -0.05) is 23.7 Å². The highest BCUT2D eigenvalue weighted by molar-refractivity contribution is 7.16. The van der Waals surface area contributed by atoms with E-state index in [0.717, 1.165) is 11.0 Å². The molecule has 0 aliphatic carbocycles. The minimum absolute atomic E-state index is 0.0747. The summed E-state index contributed by atoms with van der Waals surface area (Å²) in [5, 5.41) is 10.7. The topological polar surface area (TPSA) is 75.1 Å². The van der Waals surface area contributed by atoms with Gasteiger partial charge in [0, 0.05) is 22.8 Å². The summed E-state index contributed by atoms with van der Waals surface area (Å²) in [7, 11) is 1.31. The van der Waals surface area contributed by atoms with Crippen LogP contribution in [0.1, 0.15) is 24.3 Å². The smallest absolute Gasteiger partial charge is 0.432 e. The number of carbonyl (C=O) groups excluding carboxylic acids is 1. The Hall–Kier alpha value is -3.17. The second-order valence-electron chi connectivity index (χ2n) is 7.82. The number of methoxy groups -OCH3 is 1. The Morgan fingerprint density at radius 2 is 1.88 bits per heavy atom. The van der Waals surface area contributed by atoms with E-state index in [9.17, 15) is 18.0 Å². The Morgan fingerprint density at radius 1 is 1.18 bits per heavy atom. The second-order valence-corrected chi connectivity index (χ2v) is 9.31. The average Bonchev–Trinajstić information content (AvgIpc) is 3.29. The van der Waals surface area contributed by atoms with Gasteiger partial charge in [-0.2, -0.15) is 13.2 Å². The van der Waals surface area contributed by atoms with Crippen molar-refractivity contribution in [1.82, 2.24) is 4.98 Å². The monoisotopic (exact) mass is 507 g/mol. The van der Waals surface area contributed by atoms with Gasteiger partial charge in [-0.25, -0.2) is 0 Å². The predicted molar refractivity (Wildman–Crippen MR) is 129 cm³/mol. The summed E-state index contributed by atoms with van der Waals surface area (Å²) in [5.41, 5.74) is -0.629. The molecule has 0 saturated heterocycles. The molecule has 0 amide bonds. The lowest BCUT2D eigenvalue weighted by molar-refractivity contribution is -0.146. The van der Waals surface area contributed by atoms with E-state index >= 15 is 0 Å². The minimum Gasteiger partial charge on any atom is -0.468 e. The summed E-state index contributed by atoms with van der Waals surface area (Å²) in [6.45, 7) is 3.44. The Kier molecular flexibility index (Phi) is 7.48. The summed E-state index contributed by atoms with van der Waals surface area (Å²) in [5.74, 6) is -0.418. The number of rotatable bonds is 7. The standard InChI is InChI=1S/C24H21ClF3N3O2S/c1-23(2,22(32)33-3)15-10-14(12-30-13-15)19-8-9-20(34-19)18(11-21(29)24(26,27)28)31-17-7-5-4-6-16(17)25/h4-13,29,31H,1-3H3/b18-11-,29-21?. The summed E-state index contributed by atoms with van der Waals surface area (Å²) < 4.78 is 44.2. The van der Waals surface area contributed by atoms with E-state index in [-0.39, 0.29) is 5.70 Å². The summed E-state index contributed by atoms with van der Waals surface area (Å²) in [6, 6.07) is 11.8. The lowest BCUT2D eigenvalue weighted by Gasteiger charge is -2.21. The molecule has 5 nitrogen and oxygen atoms in total. The van der Waals surface area contributed by atoms with Crippen LogP contribution in [0.4, 0.5) is 18.9 Å². The molecule has 0 unspecified atom stereocenters. The van der Waals surface area contributed by atoms with Crippen LogP contribution in [0.2, 0.25) is 5.02 Å². The molecule has 0 radical (unpaired) electrons. The number of nitrogens with one attached hydrogen (secondary N) is 2. The van der Waals surface area contributed by atoms with Gasteiger partial charge in [0.25, 0.3) is 0 Å². The number of thiophene rings is 1. The zero-order valence-electron chi connectivity index (χ0n) is 18.5. The number of hydrogen-bond acceptors (Lipinski definition) is 6. The first kappa shape index (κ1) is 25.5. The number of pyridine rings is 1. The van der Waals surface area contributed by atoms with Crippen LogP contribution in [0, 0.1) is 5.41 Å². The Morgan fingerprint density at radius 3 is 2.53 bits per heavy atom. The molecule has 0 bridgehead atoms. The highest BCUT2D eigenvalue weighted by Crippen LogP contribution is 2.36. The predicted octanol–water partition coefficient (Wildman–Crippen LogP) is 6.95. The molecule has 3 rings (SSSR count). The number of ether oxygens (including phenoxy) is 1.